The summed E-state index contributed by atoms with van der Waals surface area (Å²) >= 11 is 1.55. The van der Waals surface area contributed by atoms with Crippen LogP contribution in [-0.2, 0) is 20.9 Å². The monoisotopic (exact) mass is 563 g/mol. The van der Waals surface area contributed by atoms with Crippen LogP contribution in [-0.4, -0.2) is 87.9 Å². The van der Waals surface area contributed by atoms with Gasteiger partial charge in [-0.05, 0) is 59.7 Å². The highest BCUT2D eigenvalue weighted by atomic mass is 32.2. The predicted molar refractivity (Wildman–Crippen MR) is 159 cm³/mol. The van der Waals surface area contributed by atoms with Gasteiger partial charge in [0.05, 0.1) is 13.1 Å². The molecule has 0 aliphatic carbocycles. The Hall–Kier alpha value is -3.63. The first-order valence-corrected chi connectivity index (χ1v) is 15.0. The molecule has 0 bridgehead atoms. The highest BCUT2D eigenvalue weighted by Crippen LogP contribution is 2.23. The van der Waals surface area contributed by atoms with Crippen LogP contribution in [0.2, 0.25) is 0 Å². The molecule has 0 saturated carbocycles. The highest BCUT2D eigenvalue weighted by Gasteiger charge is 2.31. The van der Waals surface area contributed by atoms with Crippen LogP contribution in [0.3, 0.4) is 0 Å². The molecule has 10 heteroatoms. The van der Waals surface area contributed by atoms with E-state index in [0.29, 0.717) is 31.8 Å². The van der Waals surface area contributed by atoms with E-state index in [-0.39, 0.29) is 30.9 Å². The van der Waals surface area contributed by atoms with Gasteiger partial charge in [0.25, 0.3) is 0 Å². The lowest BCUT2D eigenvalue weighted by atomic mass is 10.0. The molecule has 0 radical (unpaired) electrons. The normalized spacial score (nSPS) is 15.8. The lowest BCUT2D eigenvalue weighted by Crippen LogP contribution is -2.49. The molecule has 2 amide bonds. The molecule has 2 atom stereocenters. The van der Waals surface area contributed by atoms with E-state index in [2.05, 4.69) is 39.9 Å². The minimum atomic E-state index is -1.03. The number of hydrogen-bond acceptors (Lipinski definition) is 7. The average Bonchev–Trinajstić information content (AvgIpc) is 3.42. The Morgan fingerprint density at radius 3 is 2.67 bits per heavy atom. The second-order valence-corrected chi connectivity index (χ2v) is 11.0. The van der Waals surface area contributed by atoms with Crippen LogP contribution < -0.4 is 10.6 Å². The zero-order chi connectivity index (χ0) is 28.3. The number of benzene rings is 2. The van der Waals surface area contributed by atoms with Crippen LogP contribution in [0.4, 0.5) is 5.69 Å². The van der Waals surface area contributed by atoms with Gasteiger partial charge in [0.1, 0.15) is 6.04 Å². The van der Waals surface area contributed by atoms with Crippen molar-refractivity contribution in [2.45, 2.75) is 37.9 Å². The number of carboxylic acids is 1. The number of carbonyl (C=O) groups excluding carboxylic acids is 2. The summed E-state index contributed by atoms with van der Waals surface area (Å²) in [6, 6.07) is 16.9. The smallest absolute Gasteiger partial charge is 0.326 e. The number of carbonyl (C=O) groups is 3. The molecule has 1 aromatic heterocycles. The number of aliphatic carboxylic acids is 1. The van der Waals surface area contributed by atoms with E-state index in [9.17, 15) is 19.5 Å². The van der Waals surface area contributed by atoms with Crippen molar-refractivity contribution in [3.63, 3.8) is 0 Å². The molecule has 212 valence electrons. The zero-order valence-corrected chi connectivity index (χ0v) is 23.6. The second-order valence-electron chi connectivity index (χ2n) is 10.0. The van der Waals surface area contributed by atoms with Crippen molar-refractivity contribution in [1.82, 2.24) is 20.1 Å². The molecular formula is C30H37N5O4S. The summed E-state index contributed by atoms with van der Waals surface area (Å²) in [6.07, 6.45) is 7.38. The maximum atomic E-state index is 13.2. The predicted octanol–water partition coefficient (Wildman–Crippen LogP) is 3.46. The van der Waals surface area contributed by atoms with E-state index < -0.39 is 12.0 Å². The number of carboxylic acid groups (broad SMARTS) is 1. The summed E-state index contributed by atoms with van der Waals surface area (Å²) in [7, 11) is 0. The summed E-state index contributed by atoms with van der Waals surface area (Å²) in [5.74, 6) is -0.706. The molecule has 1 aliphatic heterocycles. The van der Waals surface area contributed by atoms with Crippen molar-refractivity contribution in [3.05, 3.63) is 72.6 Å². The Morgan fingerprint density at radius 1 is 1.12 bits per heavy atom. The van der Waals surface area contributed by atoms with Gasteiger partial charge in [-0.25, -0.2) is 4.79 Å². The molecule has 1 unspecified atom stereocenters. The van der Waals surface area contributed by atoms with Gasteiger partial charge in [0.2, 0.25) is 11.8 Å². The van der Waals surface area contributed by atoms with Gasteiger partial charge in [0, 0.05) is 43.8 Å². The van der Waals surface area contributed by atoms with Gasteiger partial charge in [-0.1, -0.05) is 42.5 Å². The molecule has 40 heavy (non-hydrogen) atoms. The van der Waals surface area contributed by atoms with Gasteiger partial charge in [-0.3, -0.25) is 19.5 Å². The number of likely N-dealkylation sites (tertiary alicyclic amines) is 1. The van der Waals surface area contributed by atoms with Crippen molar-refractivity contribution < 1.29 is 19.5 Å². The van der Waals surface area contributed by atoms with E-state index in [0.717, 1.165) is 34.9 Å². The Labute approximate surface area is 239 Å². The molecule has 2 heterocycles. The lowest BCUT2D eigenvalue weighted by Gasteiger charge is -2.31. The van der Waals surface area contributed by atoms with Crippen molar-refractivity contribution in [3.8, 4) is 0 Å². The number of rotatable bonds is 14. The molecule has 1 aliphatic rings. The summed E-state index contributed by atoms with van der Waals surface area (Å²) in [4.78, 5) is 46.0. The number of amides is 2. The molecule has 0 spiro atoms. The number of thioether (sulfide) groups is 1. The fourth-order valence-electron chi connectivity index (χ4n) is 5.19. The third-order valence-corrected chi connectivity index (χ3v) is 7.82. The van der Waals surface area contributed by atoms with Crippen LogP contribution in [0.1, 0.15) is 24.8 Å². The topological polar surface area (TPSA) is 115 Å². The Balaban J connectivity index is 1.48. The lowest BCUT2D eigenvalue weighted by molar-refractivity contribution is -0.142. The SMILES string of the molecule is CSCCC(NC(=O)CN(Cc1cccc2ccccc12)C[C@@H]1CCCN1C(=O)CNc1ccncc1)C(=O)O. The Morgan fingerprint density at radius 2 is 1.90 bits per heavy atom. The average molecular weight is 564 g/mol. The Kier molecular flexibility index (Phi) is 10.8. The van der Waals surface area contributed by atoms with E-state index in [1.54, 1.807) is 24.2 Å². The van der Waals surface area contributed by atoms with Crippen molar-refractivity contribution in [1.29, 1.82) is 0 Å². The largest absolute Gasteiger partial charge is 0.480 e. The van der Waals surface area contributed by atoms with Crippen LogP contribution in [0.5, 0.6) is 0 Å². The third kappa shape index (κ3) is 8.19. The zero-order valence-electron chi connectivity index (χ0n) is 22.8. The van der Waals surface area contributed by atoms with Crippen molar-refractivity contribution in [2.24, 2.45) is 0 Å². The summed E-state index contributed by atoms with van der Waals surface area (Å²) < 4.78 is 0. The molecular weight excluding hydrogens is 526 g/mol. The van der Waals surface area contributed by atoms with Gasteiger partial charge < -0.3 is 20.6 Å². The van der Waals surface area contributed by atoms with Crippen LogP contribution >= 0.6 is 11.8 Å². The fourth-order valence-corrected chi connectivity index (χ4v) is 5.66. The minimum Gasteiger partial charge on any atom is -0.480 e. The first kappa shape index (κ1) is 29.4. The molecule has 9 nitrogen and oxygen atoms in total. The van der Waals surface area contributed by atoms with Gasteiger partial charge >= 0.3 is 5.97 Å². The van der Waals surface area contributed by atoms with E-state index in [4.69, 9.17) is 0 Å². The maximum absolute atomic E-state index is 13.2. The van der Waals surface area contributed by atoms with Crippen molar-refractivity contribution >= 4 is 46.0 Å². The molecule has 1 saturated heterocycles. The molecule has 1 fully saturated rings. The van der Waals surface area contributed by atoms with Gasteiger partial charge in [-0.15, -0.1) is 0 Å². The molecule has 2 aromatic carbocycles. The van der Waals surface area contributed by atoms with Crippen LogP contribution in [0, 0.1) is 0 Å². The molecule has 3 N–H and O–H groups in total. The van der Waals surface area contributed by atoms with Crippen LogP contribution in [0.15, 0.2) is 67.0 Å². The number of hydrogen-bond donors (Lipinski definition) is 3. The minimum absolute atomic E-state index is 0.0110. The maximum Gasteiger partial charge on any atom is 0.326 e. The van der Waals surface area contributed by atoms with E-state index in [1.807, 2.05) is 46.4 Å². The quantitative estimate of drug-likeness (QED) is 0.273. The summed E-state index contributed by atoms with van der Waals surface area (Å²) in [5.41, 5.74) is 1.92. The standard InChI is InChI=1S/C30H37N5O4S/c1-40-17-13-27(30(38)39)33-28(36)21-34(19-23-8-4-7-22-6-2-3-10-26(22)23)20-25-9-5-16-35(25)29(37)18-32-24-11-14-31-15-12-24/h2-4,6-8,10-12,14-15,25,27H,5,9,13,16-21H2,1H3,(H,31,32)(H,33,36)(H,38,39)/t25-,27?/m0/s1. The van der Waals surface area contributed by atoms with Crippen molar-refractivity contribution in [2.75, 3.05) is 43.5 Å². The third-order valence-electron chi connectivity index (χ3n) is 7.18. The van der Waals surface area contributed by atoms with E-state index in [1.165, 1.54) is 0 Å². The highest BCUT2D eigenvalue weighted by molar-refractivity contribution is 7.98. The number of anilines is 1. The summed E-state index contributed by atoms with van der Waals surface area (Å²) in [6.45, 7) is 1.91. The molecule has 4 rings (SSSR count). The fraction of sp³-hybridized carbons (Fsp3) is 0.400. The number of nitrogens with zero attached hydrogens (tertiary/aromatic N) is 3. The molecule has 3 aromatic rings. The van der Waals surface area contributed by atoms with Gasteiger partial charge in [0.15, 0.2) is 0 Å². The first-order valence-electron chi connectivity index (χ1n) is 13.6. The van der Waals surface area contributed by atoms with Gasteiger partial charge in [-0.2, -0.15) is 11.8 Å². The number of aromatic nitrogens is 1. The number of pyridine rings is 1. The van der Waals surface area contributed by atoms with Crippen LogP contribution in [0.25, 0.3) is 10.8 Å². The number of fused-ring (bicyclic) bond motifs is 1. The van der Waals surface area contributed by atoms with E-state index >= 15 is 0 Å². The second kappa shape index (κ2) is 14.7. The first-order chi connectivity index (χ1) is 19.4. The Bertz CT molecular complexity index is 1290. The summed E-state index contributed by atoms with van der Waals surface area (Å²) in [5, 5.41) is 17.7. The number of nitrogens with one attached hydrogen (secondary N) is 2.